The molecule has 0 unspecified atom stereocenters. The normalized spacial score (nSPS) is 19.6. The highest BCUT2D eigenvalue weighted by Gasteiger charge is 2.42. The van der Waals surface area contributed by atoms with Gasteiger partial charge in [0.05, 0.1) is 15.2 Å². The topological polar surface area (TPSA) is 89.3 Å². The predicted molar refractivity (Wildman–Crippen MR) is 88.9 cm³/mol. The van der Waals surface area contributed by atoms with Gasteiger partial charge in [-0.1, -0.05) is 37.9 Å². The Kier molecular flexibility index (Phi) is 5.77. The first-order valence-electron chi connectivity index (χ1n) is 7.31. The van der Waals surface area contributed by atoms with Crippen molar-refractivity contribution in [2.24, 2.45) is 11.1 Å². The van der Waals surface area contributed by atoms with Crippen molar-refractivity contribution in [3.05, 3.63) is 0 Å². The highest BCUT2D eigenvalue weighted by Crippen LogP contribution is 2.36. The largest absolute Gasteiger partial charge is 0.392 e. The molecule has 1 amide bonds. The molecule has 0 aromatic carbocycles. The third kappa shape index (κ3) is 4.16. The predicted octanol–water partition coefficient (Wildman–Crippen LogP) is 1.55. The Hall–Kier alpha value is -0.690. The zero-order valence-corrected chi connectivity index (χ0v) is 14.7. The Morgan fingerprint density at radius 2 is 1.71 bits per heavy atom. The number of carbonyl (C=O) groups excluding carboxylic acids is 1. The van der Waals surface area contributed by atoms with Crippen molar-refractivity contribution in [3.63, 3.8) is 0 Å². The van der Waals surface area contributed by atoms with E-state index in [1.165, 1.54) is 6.26 Å². The van der Waals surface area contributed by atoms with Crippen LogP contribution in [0.5, 0.6) is 0 Å². The fourth-order valence-corrected chi connectivity index (χ4v) is 3.14. The van der Waals surface area contributed by atoms with Gasteiger partial charge in [-0.2, -0.15) is 0 Å². The maximum atomic E-state index is 12.6. The number of thiocarbonyl (C=S) groups is 1. The molecule has 0 radical (unpaired) electrons. The molecule has 3 N–H and O–H groups in total. The third-order valence-electron chi connectivity index (χ3n) is 4.54. The van der Waals surface area contributed by atoms with Gasteiger partial charge in [0.15, 0.2) is 9.84 Å². The molecule has 0 aromatic rings. The lowest BCUT2D eigenvalue weighted by Gasteiger charge is -2.32. The second-order valence-electron chi connectivity index (χ2n) is 6.58. The molecule has 1 aliphatic rings. The zero-order valence-electron chi connectivity index (χ0n) is 13.1. The van der Waals surface area contributed by atoms with Gasteiger partial charge in [-0.05, 0) is 26.7 Å². The summed E-state index contributed by atoms with van der Waals surface area (Å²) in [5.74, 6) is -0.228. The van der Waals surface area contributed by atoms with Crippen LogP contribution in [0.4, 0.5) is 0 Å². The highest BCUT2D eigenvalue weighted by molar-refractivity contribution is 7.92. The lowest BCUT2D eigenvalue weighted by atomic mass is 9.79. The van der Waals surface area contributed by atoms with Crippen LogP contribution in [-0.2, 0) is 14.6 Å². The Morgan fingerprint density at radius 1 is 1.24 bits per heavy atom. The van der Waals surface area contributed by atoms with E-state index < -0.39 is 20.0 Å². The molecule has 1 fully saturated rings. The molecule has 21 heavy (non-hydrogen) atoms. The van der Waals surface area contributed by atoms with Gasteiger partial charge in [0.1, 0.15) is 0 Å². The van der Waals surface area contributed by atoms with Crippen molar-refractivity contribution in [2.45, 2.75) is 57.1 Å². The molecule has 0 bridgehead atoms. The van der Waals surface area contributed by atoms with Gasteiger partial charge < -0.3 is 11.1 Å². The Balaban J connectivity index is 2.86. The van der Waals surface area contributed by atoms with Crippen LogP contribution in [0.3, 0.4) is 0 Å². The fourth-order valence-electron chi connectivity index (χ4n) is 2.51. The Morgan fingerprint density at radius 3 is 2.10 bits per heavy atom. The Bertz CT molecular complexity index is 504. The molecule has 7 heteroatoms. The zero-order chi connectivity index (χ0) is 16.3. The first kappa shape index (κ1) is 18.4. The van der Waals surface area contributed by atoms with Gasteiger partial charge >= 0.3 is 0 Å². The molecule has 0 heterocycles. The molecule has 0 spiro atoms. The van der Waals surface area contributed by atoms with Crippen molar-refractivity contribution in [2.75, 3.05) is 12.8 Å². The number of amides is 1. The van der Waals surface area contributed by atoms with Crippen LogP contribution in [0.2, 0.25) is 0 Å². The van der Waals surface area contributed by atoms with Crippen molar-refractivity contribution >= 4 is 33.0 Å². The van der Waals surface area contributed by atoms with E-state index in [9.17, 15) is 13.2 Å². The van der Waals surface area contributed by atoms with E-state index in [0.717, 1.165) is 25.7 Å². The Labute approximate surface area is 133 Å². The summed E-state index contributed by atoms with van der Waals surface area (Å²) in [7, 11) is -3.25. The lowest BCUT2D eigenvalue weighted by Crippen LogP contribution is -2.52. The maximum Gasteiger partial charge on any atom is 0.233 e. The molecule has 1 saturated carbocycles. The summed E-state index contributed by atoms with van der Waals surface area (Å²) in [6.45, 7) is 3.27. The summed E-state index contributed by atoms with van der Waals surface area (Å²) in [4.78, 5) is 12.8. The molecule has 0 saturated heterocycles. The first-order valence-corrected chi connectivity index (χ1v) is 9.61. The second kappa shape index (κ2) is 6.60. The summed E-state index contributed by atoms with van der Waals surface area (Å²) >= 11 is 5.14. The van der Waals surface area contributed by atoms with Crippen LogP contribution in [0.15, 0.2) is 0 Å². The number of sulfone groups is 1. The molecule has 1 aliphatic carbocycles. The third-order valence-corrected chi connectivity index (χ3v) is 7.08. The average Bonchev–Trinajstić information content (AvgIpc) is 2.61. The molecule has 0 aromatic heterocycles. The van der Waals surface area contributed by atoms with Crippen LogP contribution in [0, 0.1) is 5.41 Å². The van der Waals surface area contributed by atoms with E-state index in [2.05, 4.69) is 5.32 Å². The number of rotatable bonds is 5. The van der Waals surface area contributed by atoms with E-state index in [1.807, 2.05) is 0 Å². The average molecular weight is 335 g/mol. The van der Waals surface area contributed by atoms with Crippen molar-refractivity contribution in [1.82, 2.24) is 5.32 Å². The van der Waals surface area contributed by atoms with Gasteiger partial charge in [-0.3, -0.25) is 4.79 Å². The molecule has 0 aliphatic heterocycles. The van der Waals surface area contributed by atoms with Gasteiger partial charge in [-0.25, -0.2) is 8.42 Å². The standard InChI is InChI=1S/C14H26N2O3S2/c1-13(2,21(3,18)19)10-16-12(17)14(11(15)20)8-6-4-5-7-9-14/h4-10H2,1-3H3,(H2,15,20)(H,16,17). The summed E-state index contributed by atoms with van der Waals surface area (Å²) in [5.41, 5.74) is 5.03. The van der Waals surface area contributed by atoms with Crippen LogP contribution < -0.4 is 11.1 Å². The van der Waals surface area contributed by atoms with Crippen LogP contribution in [-0.4, -0.2) is 36.9 Å². The van der Waals surface area contributed by atoms with Gasteiger partial charge in [0.25, 0.3) is 0 Å². The smallest absolute Gasteiger partial charge is 0.233 e. The monoisotopic (exact) mass is 334 g/mol. The summed E-state index contributed by atoms with van der Waals surface area (Å²) < 4.78 is 22.4. The number of nitrogens with two attached hydrogens (primary N) is 1. The van der Waals surface area contributed by atoms with Crippen LogP contribution in [0.1, 0.15) is 52.4 Å². The minimum atomic E-state index is -3.25. The molecule has 1 rings (SSSR count). The van der Waals surface area contributed by atoms with Gasteiger partial charge in [-0.15, -0.1) is 0 Å². The molecule has 0 atom stereocenters. The second-order valence-corrected chi connectivity index (χ2v) is 9.66. The molecular weight excluding hydrogens is 308 g/mol. The number of nitrogens with one attached hydrogen (secondary N) is 1. The lowest BCUT2D eigenvalue weighted by molar-refractivity contribution is -0.128. The van der Waals surface area contributed by atoms with Crippen LogP contribution in [0.25, 0.3) is 0 Å². The molecule has 5 nitrogen and oxygen atoms in total. The van der Waals surface area contributed by atoms with Gasteiger partial charge in [0, 0.05) is 12.8 Å². The fraction of sp³-hybridized carbons (Fsp3) is 0.857. The van der Waals surface area contributed by atoms with Crippen molar-refractivity contribution in [1.29, 1.82) is 0 Å². The van der Waals surface area contributed by atoms with E-state index in [0.29, 0.717) is 12.8 Å². The van der Waals surface area contributed by atoms with E-state index in [4.69, 9.17) is 18.0 Å². The quantitative estimate of drug-likeness (QED) is 0.588. The number of hydrogen-bond acceptors (Lipinski definition) is 4. The minimum Gasteiger partial charge on any atom is -0.392 e. The minimum absolute atomic E-state index is 0.0645. The van der Waals surface area contributed by atoms with E-state index in [-0.39, 0.29) is 17.4 Å². The van der Waals surface area contributed by atoms with Gasteiger partial charge in [0.2, 0.25) is 5.91 Å². The summed E-state index contributed by atoms with van der Waals surface area (Å²) in [6.07, 6.45) is 6.45. The maximum absolute atomic E-state index is 12.6. The molecule has 122 valence electrons. The highest BCUT2D eigenvalue weighted by atomic mass is 32.2. The van der Waals surface area contributed by atoms with E-state index in [1.54, 1.807) is 13.8 Å². The number of carbonyl (C=O) groups is 1. The van der Waals surface area contributed by atoms with Crippen molar-refractivity contribution < 1.29 is 13.2 Å². The molecular formula is C14H26N2O3S2. The number of hydrogen-bond donors (Lipinski definition) is 2. The first-order chi connectivity index (χ1) is 9.53. The summed E-state index contributed by atoms with van der Waals surface area (Å²) in [6, 6.07) is 0. The SMILES string of the molecule is CC(C)(CNC(=O)C1(C(N)=S)CCCCCC1)S(C)(=O)=O. The van der Waals surface area contributed by atoms with Crippen LogP contribution >= 0.6 is 12.2 Å². The summed E-state index contributed by atoms with van der Waals surface area (Å²) in [5, 5.41) is 2.76. The van der Waals surface area contributed by atoms with E-state index >= 15 is 0 Å². The van der Waals surface area contributed by atoms with Crippen molar-refractivity contribution in [3.8, 4) is 0 Å².